The fourth-order valence-electron chi connectivity index (χ4n) is 7.80. The van der Waals surface area contributed by atoms with Gasteiger partial charge in [0, 0.05) is 42.2 Å². The average Bonchev–Trinajstić information content (AvgIpc) is 3.05. The van der Waals surface area contributed by atoms with Crippen LogP contribution in [-0.4, -0.2) is 56.7 Å². The number of piperidine rings is 2. The Morgan fingerprint density at radius 2 is 1.71 bits per heavy atom. The quantitative estimate of drug-likeness (QED) is 0.681. The number of carbonyl (C=O) groups excluding carboxylic acids is 1. The standard InChI is InChI=1S/C30H38N2O3/c1-29(2)27-17-24-25(5-4-6-26(24)34)30(29,3)13-14-31(27)28(35)20-9-7-19(8-10-20)18-32-21-11-12-22(32)16-23(33)15-21/h4-10,21-23,27,33-34H,11-18H2,1-3H3. The van der Waals surface area contributed by atoms with Gasteiger partial charge in [0.2, 0.25) is 0 Å². The number of hydrogen-bond donors (Lipinski definition) is 2. The first kappa shape index (κ1) is 23.1. The van der Waals surface area contributed by atoms with E-state index in [1.807, 2.05) is 18.2 Å². The summed E-state index contributed by atoms with van der Waals surface area (Å²) in [4.78, 5) is 18.4. The first-order valence-electron chi connectivity index (χ1n) is 13.3. The minimum Gasteiger partial charge on any atom is -0.508 e. The van der Waals surface area contributed by atoms with Crippen molar-refractivity contribution >= 4 is 5.91 Å². The summed E-state index contributed by atoms with van der Waals surface area (Å²) in [5.74, 6) is 0.448. The number of phenols is 1. The lowest BCUT2D eigenvalue weighted by Crippen LogP contribution is -2.64. The number of hydrogen-bond acceptors (Lipinski definition) is 4. The Kier molecular flexibility index (Phi) is 5.32. The highest BCUT2D eigenvalue weighted by Crippen LogP contribution is 2.57. The molecule has 2 N–H and O–H groups in total. The Hall–Kier alpha value is -2.37. The maximum absolute atomic E-state index is 13.8. The summed E-state index contributed by atoms with van der Waals surface area (Å²) in [6.07, 6.45) is 5.57. The molecular formula is C30H38N2O3. The second kappa shape index (κ2) is 8.07. The van der Waals surface area contributed by atoms with Crippen LogP contribution in [0.25, 0.3) is 0 Å². The predicted molar refractivity (Wildman–Crippen MR) is 136 cm³/mol. The van der Waals surface area contributed by atoms with Gasteiger partial charge in [-0.3, -0.25) is 9.69 Å². The van der Waals surface area contributed by atoms with Crippen molar-refractivity contribution in [2.45, 2.75) is 95.5 Å². The second-order valence-corrected chi connectivity index (χ2v) is 12.2. The third-order valence-electron chi connectivity index (χ3n) is 10.3. The molecule has 3 fully saturated rings. The number of phenolic OH excluding ortho intramolecular Hbond substituents is 1. The van der Waals surface area contributed by atoms with Gasteiger partial charge in [0.1, 0.15) is 5.75 Å². The summed E-state index contributed by atoms with van der Waals surface area (Å²) in [6, 6.07) is 15.1. The molecule has 5 heteroatoms. The predicted octanol–water partition coefficient (Wildman–Crippen LogP) is 4.63. The molecular weight excluding hydrogens is 436 g/mol. The van der Waals surface area contributed by atoms with Gasteiger partial charge in [0.15, 0.2) is 0 Å². The van der Waals surface area contributed by atoms with Crippen LogP contribution in [0.3, 0.4) is 0 Å². The number of nitrogens with zero attached hydrogens (tertiary/aromatic N) is 2. The molecule has 4 aliphatic rings. The van der Waals surface area contributed by atoms with Crippen molar-refractivity contribution in [3.05, 3.63) is 64.7 Å². The van der Waals surface area contributed by atoms with Crippen molar-refractivity contribution < 1.29 is 15.0 Å². The van der Waals surface area contributed by atoms with Gasteiger partial charge in [-0.1, -0.05) is 45.0 Å². The SMILES string of the molecule is CC12CCN(C(=O)c3ccc(CN4C5CCC4CC(O)C5)cc3)C(Cc3c(O)cccc31)C2(C)C. The van der Waals surface area contributed by atoms with E-state index in [-0.39, 0.29) is 28.9 Å². The Labute approximate surface area is 208 Å². The van der Waals surface area contributed by atoms with Crippen LogP contribution in [0.4, 0.5) is 0 Å². The lowest BCUT2D eigenvalue weighted by atomic mass is 9.51. The Balaban J connectivity index is 1.22. The molecule has 5 nitrogen and oxygen atoms in total. The molecule has 0 spiro atoms. The fraction of sp³-hybridized carbons (Fsp3) is 0.567. The zero-order chi connectivity index (χ0) is 24.5. The molecule has 3 saturated heterocycles. The van der Waals surface area contributed by atoms with E-state index in [2.05, 4.69) is 48.8 Å². The van der Waals surface area contributed by atoms with Gasteiger partial charge in [-0.15, -0.1) is 0 Å². The highest BCUT2D eigenvalue weighted by molar-refractivity contribution is 5.94. The first-order chi connectivity index (χ1) is 16.7. The topological polar surface area (TPSA) is 64.0 Å². The molecule has 4 unspecified atom stereocenters. The molecule has 1 aliphatic carbocycles. The van der Waals surface area contributed by atoms with Crippen molar-refractivity contribution in [2.75, 3.05) is 6.54 Å². The summed E-state index contributed by atoms with van der Waals surface area (Å²) in [5.41, 5.74) is 4.06. The number of aromatic hydroxyl groups is 1. The smallest absolute Gasteiger partial charge is 0.254 e. The van der Waals surface area contributed by atoms with E-state index in [4.69, 9.17) is 0 Å². The van der Waals surface area contributed by atoms with Crippen LogP contribution in [-0.2, 0) is 18.4 Å². The summed E-state index contributed by atoms with van der Waals surface area (Å²) < 4.78 is 0. The molecule has 2 aromatic rings. The van der Waals surface area contributed by atoms with Gasteiger partial charge in [0.25, 0.3) is 5.91 Å². The molecule has 0 aromatic heterocycles. The van der Waals surface area contributed by atoms with E-state index in [0.29, 0.717) is 24.3 Å². The van der Waals surface area contributed by atoms with E-state index in [0.717, 1.165) is 43.5 Å². The highest BCUT2D eigenvalue weighted by Gasteiger charge is 2.57. The van der Waals surface area contributed by atoms with Gasteiger partial charge >= 0.3 is 0 Å². The van der Waals surface area contributed by atoms with Crippen molar-refractivity contribution in [2.24, 2.45) is 5.41 Å². The van der Waals surface area contributed by atoms with Crippen LogP contribution in [0, 0.1) is 5.41 Å². The number of fused-ring (bicyclic) bond motifs is 6. The molecule has 3 heterocycles. The first-order valence-corrected chi connectivity index (χ1v) is 13.3. The third-order valence-corrected chi connectivity index (χ3v) is 10.3. The molecule has 186 valence electrons. The van der Waals surface area contributed by atoms with E-state index >= 15 is 0 Å². The maximum Gasteiger partial charge on any atom is 0.254 e. The van der Waals surface area contributed by atoms with E-state index in [1.54, 1.807) is 6.07 Å². The largest absolute Gasteiger partial charge is 0.508 e. The van der Waals surface area contributed by atoms with Crippen LogP contribution in [0.15, 0.2) is 42.5 Å². The lowest BCUT2D eigenvalue weighted by Gasteiger charge is -2.60. The van der Waals surface area contributed by atoms with Crippen LogP contribution in [0.1, 0.15) is 79.9 Å². The minimum atomic E-state index is -0.145. The highest BCUT2D eigenvalue weighted by atomic mass is 16.3. The number of rotatable bonds is 3. The van der Waals surface area contributed by atoms with E-state index < -0.39 is 0 Å². The fourth-order valence-corrected chi connectivity index (χ4v) is 7.80. The molecule has 4 bridgehead atoms. The van der Waals surface area contributed by atoms with Crippen molar-refractivity contribution in [1.29, 1.82) is 0 Å². The van der Waals surface area contributed by atoms with Crippen LogP contribution in [0.5, 0.6) is 5.75 Å². The number of aliphatic hydroxyl groups is 1. The number of aliphatic hydroxyl groups excluding tert-OH is 1. The monoisotopic (exact) mass is 474 g/mol. The molecule has 4 atom stereocenters. The van der Waals surface area contributed by atoms with E-state index in [9.17, 15) is 15.0 Å². The zero-order valence-corrected chi connectivity index (χ0v) is 21.2. The Bertz CT molecular complexity index is 1130. The molecule has 0 radical (unpaired) electrons. The van der Waals surface area contributed by atoms with Gasteiger partial charge in [0.05, 0.1) is 6.10 Å². The number of carbonyl (C=O) groups is 1. The lowest BCUT2D eigenvalue weighted by molar-refractivity contribution is -0.0266. The number of likely N-dealkylation sites (tertiary alicyclic amines) is 1. The molecule has 1 amide bonds. The van der Waals surface area contributed by atoms with Crippen LogP contribution in [0.2, 0.25) is 0 Å². The average molecular weight is 475 g/mol. The van der Waals surface area contributed by atoms with Gasteiger partial charge < -0.3 is 15.1 Å². The number of amides is 1. The summed E-state index contributed by atoms with van der Waals surface area (Å²) in [7, 11) is 0. The van der Waals surface area contributed by atoms with Crippen molar-refractivity contribution in [3.8, 4) is 5.75 Å². The Morgan fingerprint density at radius 1 is 1.03 bits per heavy atom. The summed E-state index contributed by atoms with van der Waals surface area (Å²) >= 11 is 0. The van der Waals surface area contributed by atoms with E-state index in [1.165, 1.54) is 24.0 Å². The summed E-state index contributed by atoms with van der Waals surface area (Å²) in [5, 5.41) is 20.7. The molecule has 35 heavy (non-hydrogen) atoms. The maximum atomic E-state index is 13.8. The van der Waals surface area contributed by atoms with Gasteiger partial charge in [-0.25, -0.2) is 0 Å². The van der Waals surface area contributed by atoms with Crippen molar-refractivity contribution in [1.82, 2.24) is 9.80 Å². The van der Waals surface area contributed by atoms with Gasteiger partial charge in [-0.05, 0) is 78.8 Å². The van der Waals surface area contributed by atoms with Crippen LogP contribution >= 0.6 is 0 Å². The molecule has 3 aliphatic heterocycles. The Morgan fingerprint density at radius 3 is 2.40 bits per heavy atom. The normalized spacial score (nSPS) is 33.4. The second-order valence-electron chi connectivity index (χ2n) is 12.2. The molecule has 2 aromatic carbocycles. The minimum absolute atomic E-state index is 0.0460. The third kappa shape index (κ3) is 3.46. The van der Waals surface area contributed by atoms with Crippen molar-refractivity contribution in [3.63, 3.8) is 0 Å². The van der Waals surface area contributed by atoms with Crippen LogP contribution < -0.4 is 0 Å². The summed E-state index contributed by atoms with van der Waals surface area (Å²) in [6.45, 7) is 8.51. The number of benzene rings is 2. The van der Waals surface area contributed by atoms with Gasteiger partial charge in [-0.2, -0.15) is 0 Å². The molecule has 0 saturated carbocycles. The zero-order valence-electron chi connectivity index (χ0n) is 21.2. The molecule has 6 rings (SSSR count).